The van der Waals surface area contributed by atoms with E-state index in [1.54, 1.807) is 61.5 Å². The van der Waals surface area contributed by atoms with Crippen molar-refractivity contribution in [1.82, 2.24) is 5.43 Å². The third kappa shape index (κ3) is 4.26. The first-order chi connectivity index (χ1) is 15.4. The number of furan rings is 1. The third-order valence-corrected chi connectivity index (χ3v) is 5.22. The van der Waals surface area contributed by atoms with Crippen molar-refractivity contribution >= 4 is 52.7 Å². The van der Waals surface area contributed by atoms with E-state index in [0.29, 0.717) is 27.8 Å². The van der Waals surface area contributed by atoms with Crippen molar-refractivity contribution < 1.29 is 23.5 Å². The summed E-state index contributed by atoms with van der Waals surface area (Å²) in [5.74, 6) is -0.891. The maximum absolute atomic E-state index is 12.7. The summed E-state index contributed by atoms with van der Waals surface area (Å²) in [4.78, 5) is 37.2. The van der Waals surface area contributed by atoms with Gasteiger partial charge in [0.25, 0.3) is 11.8 Å². The summed E-state index contributed by atoms with van der Waals surface area (Å²) in [5.41, 5.74) is 3.71. The van der Waals surface area contributed by atoms with Crippen molar-refractivity contribution in [1.29, 1.82) is 0 Å². The number of ether oxygens (including phenoxy) is 1. The number of hydrogen-bond acceptors (Lipinski definition) is 5. The average molecular weight is 471 g/mol. The van der Waals surface area contributed by atoms with Gasteiger partial charge in [-0.2, -0.15) is 0 Å². The highest BCUT2D eigenvalue weighted by molar-refractivity contribution is 6.34. The molecule has 1 aromatic heterocycles. The molecule has 9 heteroatoms. The number of amides is 2. The molecule has 162 valence electrons. The molecular formula is C23H16Cl2N2O5. The topological polar surface area (TPSA) is 88.9 Å². The van der Waals surface area contributed by atoms with E-state index in [1.165, 1.54) is 6.08 Å². The van der Waals surface area contributed by atoms with Crippen LogP contribution in [0.25, 0.3) is 17.4 Å². The Kier molecular flexibility index (Phi) is 6.03. The first kappa shape index (κ1) is 21.7. The van der Waals surface area contributed by atoms with Crippen molar-refractivity contribution in [3.05, 3.63) is 81.5 Å². The van der Waals surface area contributed by atoms with E-state index in [9.17, 15) is 14.4 Å². The standard InChI is InChI=1S/C23H16Cl2N2O5/c1-2-31-23(30)17-11-13(3-9-19(17)25)20-10-8-16(32-20)12-18-21(28)26-27(22(18)29)15-6-4-14(24)5-7-15/h3-12H,2H2,1H3,(H,26,28). The summed E-state index contributed by atoms with van der Waals surface area (Å²) in [7, 11) is 0. The molecule has 0 spiro atoms. The van der Waals surface area contributed by atoms with E-state index in [2.05, 4.69) is 5.43 Å². The maximum atomic E-state index is 12.7. The fourth-order valence-corrected chi connectivity index (χ4v) is 3.42. The molecule has 1 aliphatic rings. The minimum Gasteiger partial charge on any atom is -0.462 e. The normalized spacial score (nSPS) is 14.7. The molecule has 0 atom stereocenters. The van der Waals surface area contributed by atoms with Gasteiger partial charge in [0.15, 0.2) is 0 Å². The van der Waals surface area contributed by atoms with Crippen LogP contribution in [0.1, 0.15) is 23.0 Å². The molecule has 1 saturated heterocycles. The van der Waals surface area contributed by atoms with Crippen molar-refractivity contribution in [3.63, 3.8) is 0 Å². The van der Waals surface area contributed by atoms with Gasteiger partial charge in [0.05, 0.1) is 22.9 Å². The van der Waals surface area contributed by atoms with Crippen molar-refractivity contribution in [2.24, 2.45) is 0 Å². The minimum absolute atomic E-state index is 0.0795. The summed E-state index contributed by atoms with van der Waals surface area (Å²) in [6.45, 7) is 1.93. The molecule has 2 amide bonds. The maximum Gasteiger partial charge on any atom is 0.339 e. The Morgan fingerprint density at radius 3 is 2.56 bits per heavy atom. The smallest absolute Gasteiger partial charge is 0.339 e. The van der Waals surface area contributed by atoms with Crippen LogP contribution >= 0.6 is 23.2 Å². The van der Waals surface area contributed by atoms with Gasteiger partial charge in [0, 0.05) is 10.6 Å². The number of halogens is 2. The van der Waals surface area contributed by atoms with E-state index in [-0.39, 0.29) is 22.8 Å². The predicted octanol–water partition coefficient (Wildman–Crippen LogP) is 4.89. The van der Waals surface area contributed by atoms with Crippen LogP contribution in [-0.2, 0) is 14.3 Å². The van der Waals surface area contributed by atoms with Crippen LogP contribution < -0.4 is 10.4 Å². The molecule has 0 aliphatic carbocycles. The monoisotopic (exact) mass is 470 g/mol. The van der Waals surface area contributed by atoms with Gasteiger partial charge >= 0.3 is 5.97 Å². The Bertz CT molecular complexity index is 1250. The van der Waals surface area contributed by atoms with Crippen LogP contribution in [0.2, 0.25) is 10.0 Å². The second-order valence-corrected chi connectivity index (χ2v) is 7.58. The molecule has 3 aromatic rings. The second-order valence-electron chi connectivity index (χ2n) is 6.73. The molecular weight excluding hydrogens is 455 g/mol. The number of nitrogens with zero attached hydrogens (tertiary/aromatic N) is 1. The predicted molar refractivity (Wildman–Crippen MR) is 120 cm³/mol. The lowest BCUT2D eigenvalue weighted by Crippen LogP contribution is -2.35. The van der Waals surface area contributed by atoms with Gasteiger partial charge in [0.2, 0.25) is 0 Å². The van der Waals surface area contributed by atoms with Gasteiger partial charge in [-0.15, -0.1) is 0 Å². The van der Waals surface area contributed by atoms with Gasteiger partial charge in [0.1, 0.15) is 17.1 Å². The number of anilines is 1. The third-order valence-electron chi connectivity index (χ3n) is 4.64. The fourth-order valence-electron chi connectivity index (χ4n) is 3.10. The Hall–Kier alpha value is -3.55. The SMILES string of the molecule is CCOC(=O)c1cc(-c2ccc(C=C3C(=O)NN(c4ccc(Cl)cc4)C3=O)o2)ccc1Cl. The molecule has 32 heavy (non-hydrogen) atoms. The zero-order chi connectivity index (χ0) is 22.8. The van der Waals surface area contributed by atoms with Gasteiger partial charge < -0.3 is 9.15 Å². The lowest BCUT2D eigenvalue weighted by molar-refractivity contribution is -0.117. The number of carbonyl (C=O) groups excluding carboxylic acids is 3. The minimum atomic E-state index is -0.556. The van der Waals surface area contributed by atoms with Crippen molar-refractivity contribution in [3.8, 4) is 11.3 Å². The summed E-state index contributed by atoms with van der Waals surface area (Å²) in [6, 6.07) is 14.6. The van der Waals surface area contributed by atoms with Crippen molar-refractivity contribution in [2.75, 3.05) is 11.6 Å². The number of esters is 1. The van der Waals surface area contributed by atoms with E-state index >= 15 is 0 Å². The van der Waals surface area contributed by atoms with Gasteiger partial charge in [-0.05, 0) is 67.6 Å². The zero-order valence-electron chi connectivity index (χ0n) is 16.7. The van der Waals surface area contributed by atoms with Crippen LogP contribution in [0, 0.1) is 0 Å². The molecule has 2 heterocycles. The van der Waals surface area contributed by atoms with Crippen LogP contribution in [0.3, 0.4) is 0 Å². The van der Waals surface area contributed by atoms with Crippen LogP contribution in [0.15, 0.2) is 64.6 Å². The quantitative estimate of drug-likeness (QED) is 0.325. The molecule has 1 fully saturated rings. The van der Waals surface area contributed by atoms with E-state index in [0.717, 1.165) is 5.01 Å². The Morgan fingerprint density at radius 2 is 1.84 bits per heavy atom. The first-order valence-electron chi connectivity index (χ1n) is 9.57. The number of benzene rings is 2. The fraction of sp³-hybridized carbons (Fsp3) is 0.0870. The molecule has 0 radical (unpaired) electrons. The number of carbonyl (C=O) groups is 3. The molecule has 0 bridgehead atoms. The summed E-state index contributed by atoms with van der Waals surface area (Å²) >= 11 is 12.0. The lowest BCUT2D eigenvalue weighted by atomic mass is 10.1. The van der Waals surface area contributed by atoms with E-state index < -0.39 is 17.8 Å². The Balaban J connectivity index is 1.60. The first-order valence-corrected chi connectivity index (χ1v) is 10.3. The van der Waals surface area contributed by atoms with Crippen LogP contribution in [-0.4, -0.2) is 24.4 Å². The molecule has 0 unspecified atom stereocenters. The van der Waals surface area contributed by atoms with Gasteiger partial charge in [-0.25, -0.2) is 9.80 Å². The number of hydrogen-bond donors (Lipinski definition) is 1. The Morgan fingerprint density at radius 1 is 1.09 bits per heavy atom. The molecule has 7 nitrogen and oxygen atoms in total. The molecule has 1 N–H and O–H groups in total. The molecule has 1 aliphatic heterocycles. The molecule has 2 aromatic carbocycles. The highest BCUT2D eigenvalue weighted by Crippen LogP contribution is 2.29. The average Bonchev–Trinajstić information content (AvgIpc) is 3.35. The molecule has 0 saturated carbocycles. The Labute approximate surface area is 193 Å². The summed E-state index contributed by atoms with van der Waals surface area (Å²) in [6.07, 6.45) is 1.36. The van der Waals surface area contributed by atoms with E-state index in [4.69, 9.17) is 32.4 Å². The van der Waals surface area contributed by atoms with Crippen molar-refractivity contribution in [2.45, 2.75) is 6.92 Å². The van der Waals surface area contributed by atoms with Gasteiger partial charge in [-0.3, -0.25) is 15.0 Å². The highest BCUT2D eigenvalue weighted by Gasteiger charge is 2.34. The highest BCUT2D eigenvalue weighted by atomic mass is 35.5. The van der Waals surface area contributed by atoms with Crippen LogP contribution in [0.5, 0.6) is 0 Å². The zero-order valence-corrected chi connectivity index (χ0v) is 18.2. The largest absolute Gasteiger partial charge is 0.462 e. The van der Waals surface area contributed by atoms with Crippen LogP contribution in [0.4, 0.5) is 5.69 Å². The summed E-state index contributed by atoms with van der Waals surface area (Å²) < 4.78 is 10.8. The number of hydrazine groups is 1. The number of rotatable bonds is 5. The van der Waals surface area contributed by atoms with E-state index in [1.807, 2.05) is 0 Å². The summed E-state index contributed by atoms with van der Waals surface area (Å²) in [5, 5.41) is 1.91. The molecule has 4 rings (SSSR count). The number of nitrogens with one attached hydrogen (secondary N) is 1. The second kappa shape index (κ2) is 8.90. The lowest BCUT2D eigenvalue weighted by Gasteiger charge is -2.14. The van der Waals surface area contributed by atoms with Gasteiger partial charge in [-0.1, -0.05) is 23.2 Å².